The molecule has 14 nitrogen and oxygen atoms in total. The number of hydrogen-bond donors (Lipinski definition) is 7. The van der Waals surface area contributed by atoms with Gasteiger partial charge in [0.25, 0.3) is 23.5 Å². The van der Waals surface area contributed by atoms with Crippen molar-refractivity contribution in [2.75, 3.05) is 6.61 Å². The Labute approximate surface area is 195 Å². The minimum absolute atomic E-state index is 0.279. The van der Waals surface area contributed by atoms with Crippen LogP contribution in [0.3, 0.4) is 0 Å². The van der Waals surface area contributed by atoms with Gasteiger partial charge in [0.2, 0.25) is 0 Å². The van der Waals surface area contributed by atoms with Gasteiger partial charge in [0, 0.05) is 33.0 Å². The summed E-state index contributed by atoms with van der Waals surface area (Å²) < 4.78 is 6.76. The number of aromatic nitrogens is 2. The van der Waals surface area contributed by atoms with Gasteiger partial charge in [-0.05, 0) is 12.8 Å². The molecule has 196 valence electrons. The molecule has 34 heavy (non-hydrogen) atoms. The maximum absolute atomic E-state index is 12.1. The van der Waals surface area contributed by atoms with Crippen LogP contribution in [0.5, 0.6) is 0 Å². The van der Waals surface area contributed by atoms with Gasteiger partial charge < -0.3 is 35.4 Å². The van der Waals surface area contributed by atoms with Crippen LogP contribution in [0.15, 0.2) is 21.9 Å². The lowest BCUT2D eigenvalue weighted by molar-refractivity contribution is -0.156. The van der Waals surface area contributed by atoms with Crippen molar-refractivity contribution in [3.05, 3.63) is 33.1 Å². The normalized spacial score (nSPS) is 22.6. The molecule has 1 saturated heterocycles. The molecule has 0 unspecified atom stereocenters. The Morgan fingerprint density at radius 3 is 1.85 bits per heavy atom. The number of unbranched alkanes of at least 4 members (excludes halogenated alkanes) is 2. The van der Waals surface area contributed by atoms with Gasteiger partial charge in [-0.25, -0.2) is 4.79 Å². The topological polar surface area (TPSA) is 237 Å². The van der Waals surface area contributed by atoms with E-state index in [2.05, 4.69) is 4.98 Å². The van der Waals surface area contributed by atoms with E-state index in [0.717, 1.165) is 44.2 Å². The first-order valence-corrected chi connectivity index (χ1v) is 10.2. The molecule has 2 rings (SSSR count). The average molecular weight is 494 g/mol. The highest BCUT2D eigenvalue weighted by Crippen LogP contribution is 2.38. The molecule has 1 aliphatic rings. The molecule has 2 heterocycles. The number of rotatable bonds is 6. The zero-order chi connectivity index (χ0) is 27.1. The summed E-state index contributed by atoms with van der Waals surface area (Å²) in [5.74, 6) is -2.50. The quantitative estimate of drug-likeness (QED) is 0.240. The second-order valence-corrected chi connectivity index (χ2v) is 7.11. The molecule has 4 atom stereocenters. The predicted octanol–water partition coefficient (Wildman–Crippen LogP) is -0.845. The average Bonchev–Trinajstić information content (AvgIpc) is 2.92. The summed E-state index contributed by atoms with van der Waals surface area (Å²) >= 11 is 0. The van der Waals surface area contributed by atoms with E-state index in [1.807, 2.05) is 6.92 Å². The standard InChI is InChI=1S/C14H22N2O6.3C2H4O2/c1-2-3-4-6-14(12(20)11(19)9(8-17)22-14)16-7-5-10(18)15-13(16)21;3*1-2(3)4/h5,7,9,11-12,17,19-20H,2-4,6,8H2,1H3,(H,15,18,21);3*1H3,(H,3,4)/t9-,11-,12-,14-;;;/m1.../s1. The summed E-state index contributed by atoms with van der Waals surface area (Å²) in [7, 11) is 0. The van der Waals surface area contributed by atoms with Crippen molar-refractivity contribution in [2.24, 2.45) is 0 Å². The summed E-state index contributed by atoms with van der Waals surface area (Å²) in [6, 6.07) is 1.15. The van der Waals surface area contributed by atoms with Crippen LogP contribution in [-0.2, 0) is 24.8 Å². The van der Waals surface area contributed by atoms with E-state index in [4.69, 9.17) is 34.4 Å². The van der Waals surface area contributed by atoms with Crippen molar-refractivity contribution in [2.45, 2.75) is 77.4 Å². The highest BCUT2D eigenvalue weighted by molar-refractivity contribution is 5.63. The maximum atomic E-state index is 12.1. The van der Waals surface area contributed by atoms with E-state index < -0.39 is 59.8 Å². The van der Waals surface area contributed by atoms with Crippen molar-refractivity contribution in [1.29, 1.82) is 0 Å². The Morgan fingerprint density at radius 2 is 1.50 bits per heavy atom. The zero-order valence-corrected chi connectivity index (χ0v) is 19.5. The van der Waals surface area contributed by atoms with Crippen LogP contribution in [0.2, 0.25) is 0 Å². The van der Waals surface area contributed by atoms with Gasteiger partial charge in [0.15, 0.2) is 5.72 Å². The first kappa shape index (κ1) is 33.1. The lowest BCUT2D eigenvalue weighted by atomic mass is 9.96. The smallest absolute Gasteiger partial charge is 0.330 e. The van der Waals surface area contributed by atoms with Crippen LogP contribution >= 0.6 is 0 Å². The van der Waals surface area contributed by atoms with Crippen LogP contribution in [0.1, 0.15) is 53.4 Å². The fourth-order valence-corrected chi connectivity index (χ4v) is 2.89. The van der Waals surface area contributed by atoms with E-state index in [1.54, 1.807) is 0 Å². The van der Waals surface area contributed by atoms with Gasteiger partial charge in [-0.2, -0.15) is 0 Å². The van der Waals surface area contributed by atoms with Crippen LogP contribution < -0.4 is 11.2 Å². The highest BCUT2D eigenvalue weighted by Gasteiger charge is 2.55. The second-order valence-electron chi connectivity index (χ2n) is 7.11. The molecule has 0 bridgehead atoms. The Bertz CT molecular complexity index is 840. The summed E-state index contributed by atoms with van der Waals surface area (Å²) in [6.07, 6.45) is 0.272. The summed E-state index contributed by atoms with van der Waals surface area (Å²) in [6.45, 7) is 4.78. The highest BCUT2D eigenvalue weighted by atomic mass is 16.6. The van der Waals surface area contributed by atoms with E-state index in [9.17, 15) is 24.9 Å². The molecule has 7 N–H and O–H groups in total. The van der Waals surface area contributed by atoms with Crippen molar-refractivity contribution < 1.29 is 49.8 Å². The van der Waals surface area contributed by atoms with Gasteiger partial charge in [-0.1, -0.05) is 19.8 Å². The molecule has 0 saturated carbocycles. The number of carboxylic acids is 3. The van der Waals surface area contributed by atoms with Crippen molar-refractivity contribution in [3.63, 3.8) is 0 Å². The third kappa shape index (κ3) is 12.2. The first-order valence-electron chi connectivity index (χ1n) is 10.2. The summed E-state index contributed by atoms with van der Waals surface area (Å²) in [5, 5.41) is 52.0. The largest absolute Gasteiger partial charge is 0.481 e. The number of aliphatic hydroxyl groups is 3. The summed E-state index contributed by atoms with van der Waals surface area (Å²) in [5.41, 5.74) is -2.78. The molecule has 0 aromatic carbocycles. The van der Waals surface area contributed by atoms with E-state index in [0.29, 0.717) is 6.42 Å². The number of aromatic amines is 1. The molecule has 0 spiro atoms. The Kier molecular flexibility index (Phi) is 16.1. The van der Waals surface area contributed by atoms with Crippen molar-refractivity contribution in [3.8, 4) is 0 Å². The Morgan fingerprint density at radius 1 is 1.03 bits per heavy atom. The zero-order valence-electron chi connectivity index (χ0n) is 19.5. The monoisotopic (exact) mass is 494 g/mol. The maximum Gasteiger partial charge on any atom is 0.330 e. The van der Waals surface area contributed by atoms with Crippen LogP contribution in [0, 0.1) is 0 Å². The third-order valence-corrected chi connectivity index (χ3v) is 4.07. The predicted molar refractivity (Wildman–Crippen MR) is 117 cm³/mol. The molecule has 1 aromatic heterocycles. The molecular weight excluding hydrogens is 460 g/mol. The lowest BCUT2D eigenvalue weighted by Crippen LogP contribution is -2.51. The number of aliphatic carboxylic acids is 3. The minimum atomic E-state index is -1.50. The molecule has 14 heteroatoms. The fraction of sp³-hybridized carbons (Fsp3) is 0.650. The van der Waals surface area contributed by atoms with Gasteiger partial charge in [0.05, 0.1) is 6.61 Å². The number of H-pyrrole nitrogens is 1. The third-order valence-electron chi connectivity index (χ3n) is 4.07. The molecule has 1 fully saturated rings. The minimum Gasteiger partial charge on any atom is -0.481 e. The number of carboxylic acid groups (broad SMARTS) is 3. The number of nitrogens with one attached hydrogen (secondary N) is 1. The molecule has 1 aromatic rings. The number of nitrogens with zero attached hydrogens (tertiary/aromatic N) is 1. The van der Waals surface area contributed by atoms with Crippen molar-refractivity contribution in [1.82, 2.24) is 9.55 Å². The second kappa shape index (κ2) is 16.5. The van der Waals surface area contributed by atoms with Crippen LogP contribution in [0.25, 0.3) is 0 Å². The van der Waals surface area contributed by atoms with Gasteiger partial charge in [-0.15, -0.1) is 0 Å². The number of carbonyl (C=O) groups is 3. The Balaban J connectivity index is 0. The van der Waals surface area contributed by atoms with E-state index in [-0.39, 0.29) is 6.42 Å². The molecule has 1 aliphatic heterocycles. The van der Waals surface area contributed by atoms with Crippen molar-refractivity contribution >= 4 is 17.9 Å². The van der Waals surface area contributed by atoms with Crippen LogP contribution in [-0.4, -0.2) is 83.0 Å². The summed E-state index contributed by atoms with van der Waals surface area (Å²) in [4.78, 5) is 52.4. The molecule has 0 radical (unpaired) electrons. The molecule has 0 amide bonds. The number of hydrogen-bond acceptors (Lipinski definition) is 9. The SMILES string of the molecule is CC(=O)O.CC(=O)O.CC(=O)O.CCCCC[C@@]1(n2ccc(=O)[nH]c2=O)O[C@H](CO)[C@@H](O)[C@H]1O. The molecular formula is C20H34N2O12. The lowest BCUT2D eigenvalue weighted by Gasteiger charge is -2.33. The van der Waals surface area contributed by atoms with Gasteiger partial charge in [0.1, 0.15) is 18.3 Å². The van der Waals surface area contributed by atoms with E-state index in [1.165, 1.54) is 6.20 Å². The number of aliphatic hydroxyl groups excluding tert-OH is 3. The Hall–Kier alpha value is -3.07. The van der Waals surface area contributed by atoms with Crippen LogP contribution in [0.4, 0.5) is 0 Å². The van der Waals surface area contributed by atoms with Gasteiger partial charge in [-0.3, -0.25) is 28.7 Å². The number of ether oxygens (including phenoxy) is 1. The fourth-order valence-electron chi connectivity index (χ4n) is 2.89. The van der Waals surface area contributed by atoms with E-state index >= 15 is 0 Å². The molecule has 0 aliphatic carbocycles. The first-order chi connectivity index (χ1) is 15.7. The van der Waals surface area contributed by atoms with Gasteiger partial charge >= 0.3 is 5.69 Å².